The molecule has 182 valence electrons. The van der Waals surface area contributed by atoms with Crippen molar-refractivity contribution in [2.24, 2.45) is 0 Å². The summed E-state index contributed by atoms with van der Waals surface area (Å²) in [5.74, 6) is -1.88. The standard InChI is InChI=1S/C27H44O5/c1-3-4-5-6-10-16-21-27(32-24(2)28,31-23-25-18-13-12-14-19-25)22-17-11-8-7-9-15-20-26(29)30/h12-14,18-19H,3-11,15-17,20-23H2,1-2H3,(H,29,30). The number of carboxylic acids is 1. The van der Waals surface area contributed by atoms with Gasteiger partial charge in [-0.3, -0.25) is 9.59 Å². The molecular weight excluding hydrogens is 404 g/mol. The second-order valence-corrected chi connectivity index (χ2v) is 8.81. The largest absolute Gasteiger partial charge is 0.481 e. The maximum absolute atomic E-state index is 12.0. The van der Waals surface area contributed by atoms with E-state index in [1.165, 1.54) is 32.6 Å². The summed E-state index contributed by atoms with van der Waals surface area (Å²) in [6.45, 7) is 4.11. The van der Waals surface area contributed by atoms with Gasteiger partial charge < -0.3 is 14.6 Å². The molecule has 1 aromatic rings. The summed E-state index contributed by atoms with van der Waals surface area (Å²) in [7, 11) is 0. The third-order valence-electron chi connectivity index (χ3n) is 5.78. The Bertz CT molecular complexity index is 616. The van der Waals surface area contributed by atoms with Gasteiger partial charge in [-0.05, 0) is 24.8 Å². The molecule has 0 aliphatic rings. The van der Waals surface area contributed by atoms with E-state index < -0.39 is 11.8 Å². The topological polar surface area (TPSA) is 72.8 Å². The summed E-state index contributed by atoms with van der Waals surface area (Å²) in [4.78, 5) is 22.6. The number of carbonyl (C=O) groups excluding carboxylic acids is 1. The van der Waals surface area contributed by atoms with Crippen LogP contribution in [0.3, 0.4) is 0 Å². The van der Waals surface area contributed by atoms with Gasteiger partial charge in [0, 0.05) is 26.2 Å². The number of aliphatic carboxylic acids is 1. The zero-order chi connectivity index (χ0) is 23.5. The quantitative estimate of drug-likeness (QED) is 0.128. The van der Waals surface area contributed by atoms with E-state index in [2.05, 4.69) is 6.92 Å². The van der Waals surface area contributed by atoms with Gasteiger partial charge in [0.15, 0.2) is 0 Å². The fourth-order valence-electron chi connectivity index (χ4n) is 4.00. The summed E-state index contributed by atoms with van der Waals surface area (Å²) in [5, 5.41) is 8.72. The third kappa shape index (κ3) is 14.2. The lowest BCUT2D eigenvalue weighted by atomic mass is 9.98. The summed E-state index contributed by atoms with van der Waals surface area (Å²) < 4.78 is 12.2. The molecule has 0 fully saturated rings. The summed E-state index contributed by atoms with van der Waals surface area (Å²) in [6.07, 6.45) is 14.5. The minimum Gasteiger partial charge on any atom is -0.481 e. The number of unbranched alkanes of at least 4 members (excludes halogenated alkanes) is 10. The van der Waals surface area contributed by atoms with Gasteiger partial charge in [-0.1, -0.05) is 95.0 Å². The normalized spacial score (nSPS) is 12.9. The van der Waals surface area contributed by atoms with E-state index >= 15 is 0 Å². The van der Waals surface area contributed by atoms with Gasteiger partial charge >= 0.3 is 11.9 Å². The van der Waals surface area contributed by atoms with E-state index in [4.69, 9.17) is 14.6 Å². The number of carbonyl (C=O) groups is 2. The van der Waals surface area contributed by atoms with Crippen molar-refractivity contribution in [3.63, 3.8) is 0 Å². The number of hydrogen-bond donors (Lipinski definition) is 1. The summed E-state index contributed by atoms with van der Waals surface area (Å²) in [6, 6.07) is 10.0. The van der Waals surface area contributed by atoms with Crippen molar-refractivity contribution in [1.82, 2.24) is 0 Å². The molecule has 5 heteroatoms. The Labute approximate surface area is 194 Å². The van der Waals surface area contributed by atoms with E-state index in [1.807, 2.05) is 30.3 Å². The van der Waals surface area contributed by atoms with E-state index in [0.29, 0.717) is 13.0 Å². The van der Waals surface area contributed by atoms with Crippen LogP contribution in [0.15, 0.2) is 30.3 Å². The summed E-state index contributed by atoms with van der Waals surface area (Å²) >= 11 is 0. The van der Waals surface area contributed by atoms with Gasteiger partial charge in [-0.2, -0.15) is 0 Å². The Morgan fingerprint density at radius 2 is 1.34 bits per heavy atom. The smallest absolute Gasteiger partial charge is 0.305 e. The number of esters is 1. The third-order valence-corrected chi connectivity index (χ3v) is 5.78. The van der Waals surface area contributed by atoms with Crippen LogP contribution in [-0.2, 0) is 25.7 Å². The molecule has 0 aromatic heterocycles. The molecule has 1 aromatic carbocycles. The van der Waals surface area contributed by atoms with Crippen LogP contribution in [0.25, 0.3) is 0 Å². The lowest BCUT2D eigenvalue weighted by molar-refractivity contribution is -0.243. The number of benzene rings is 1. The highest BCUT2D eigenvalue weighted by Crippen LogP contribution is 2.30. The summed E-state index contributed by atoms with van der Waals surface area (Å²) in [5.41, 5.74) is 1.07. The zero-order valence-corrected chi connectivity index (χ0v) is 20.3. The maximum Gasteiger partial charge on any atom is 0.305 e. The van der Waals surface area contributed by atoms with Crippen LogP contribution in [0.5, 0.6) is 0 Å². The van der Waals surface area contributed by atoms with Crippen LogP contribution in [-0.4, -0.2) is 22.8 Å². The zero-order valence-electron chi connectivity index (χ0n) is 20.3. The SMILES string of the molecule is CCCCCCCCC(CCCCCCCCC(=O)O)(OCc1ccccc1)OC(C)=O. The Balaban J connectivity index is 2.59. The molecular formula is C27H44O5. The molecule has 0 saturated heterocycles. The number of rotatable bonds is 20. The van der Waals surface area contributed by atoms with Crippen molar-refractivity contribution in [1.29, 1.82) is 0 Å². The molecule has 1 atom stereocenters. The highest BCUT2D eigenvalue weighted by atomic mass is 16.7. The minimum atomic E-state index is -0.865. The molecule has 0 amide bonds. The van der Waals surface area contributed by atoms with Gasteiger partial charge in [0.05, 0.1) is 6.61 Å². The van der Waals surface area contributed by atoms with E-state index in [0.717, 1.165) is 63.4 Å². The second kappa shape index (κ2) is 17.6. The molecule has 0 radical (unpaired) electrons. The Hall–Kier alpha value is -1.88. The van der Waals surface area contributed by atoms with E-state index in [1.54, 1.807) is 0 Å². The van der Waals surface area contributed by atoms with Crippen LogP contribution in [0.2, 0.25) is 0 Å². The molecule has 1 N–H and O–H groups in total. The lowest BCUT2D eigenvalue weighted by Gasteiger charge is -2.33. The van der Waals surface area contributed by atoms with Gasteiger partial charge in [0.2, 0.25) is 5.79 Å². The number of hydrogen-bond acceptors (Lipinski definition) is 4. The predicted octanol–water partition coefficient (Wildman–Crippen LogP) is 7.42. The van der Waals surface area contributed by atoms with Crippen LogP contribution >= 0.6 is 0 Å². The molecule has 1 rings (SSSR count). The van der Waals surface area contributed by atoms with E-state index in [-0.39, 0.29) is 12.4 Å². The first kappa shape index (κ1) is 28.2. The van der Waals surface area contributed by atoms with Crippen molar-refractivity contribution in [2.45, 2.75) is 123 Å². The van der Waals surface area contributed by atoms with Crippen LogP contribution < -0.4 is 0 Å². The predicted molar refractivity (Wildman–Crippen MR) is 128 cm³/mol. The maximum atomic E-state index is 12.0. The van der Waals surface area contributed by atoms with Gasteiger partial charge in [-0.25, -0.2) is 0 Å². The van der Waals surface area contributed by atoms with Crippen LogP contribution in [0, 0.1) is 0 Å². The first-order valence-electron chi connectivity index (χ1n) is 12.6. The first-order valence-corrected chi connectivity index (χ1v) is 12.6. The molecule has 0 aliphatic heterocycles. The second-order valence-electron chi connectivity index (χ2n) is 8.81. The van der Waals surface area contributed by atoms with E-state index in [9.17, 15) is 9.59 Å². The number of carboxylic acid groups (broad SMARTS) is 1. The van der Waals surface area contributed by atoms with Crippen molar-refractivity contribution in [2.75, 3.05) is 0 Å². The molecule has 5 nitrogen and oxygen atoms in total. The molecule has 0 saturated carbocycles. The van der Waals surface area contributed by atoms with Gasteiger partial charge in [0.25, 0.3) is 0 Å². The van der Waals surface area contributed by atoms with Gasteiger partial charge in [-0.15, -0.1) is 0 Å². The Kier molecular flexibility index (Phi) is 15.5. The average Bonchev–Trinajstić information content (AvgIpc) is 2.76. The molecule has 0 aliphatic carbocycles. The monoisotopic (exact) mass is 448 g/mol. The Morgan fingerprint density at radius 1 is 0.812 bits per heavy atom. The molecule has 0 heterocycles. The molecule has 0 spiro atoms. The van der Waals surface area contributed by atoms with Crippen molar-refractivity contribution < 1.29 is 24.2 Å². The average molecular weight is 449 g/mol. The molecule has 1 unspecified atom stereocenters. The van der Waals surface area contributed by atoms with Crippen molar-refractivity contribution in [3.8, 4) is 0 Å². The van der Waals surface area contributed by atoms with Gasteiger partial charge in [0.1, 0.15) is 0 Å². The van der Waals surface area contributed by atoms with Crippen LogP contribution in [0.1, 0.15) is 116 Å². The highest BCUT2D eigenvalue weighted by molar-refractivity contribution is 5.66. The minimum absolute atomic E-state index is 0.251. The fourth-order valence-corrected chi connectivity index (χ4v) is 4.00. The van der Waals surface area contributed by atoms with Crippen molar-refractivity contribution >= 4 is 11.9 Å². The fraction of sp³-hybridized carbons (Fsp3) is 0.704. The number of ether oxygens (including phenoxy) is 2. The molecule has 0 bridgehead atoms. The van der Waals surface area contributed by atoms with Crippen molar-refractivity contribution in [3.05, 3.63) is 35.9 Å². The first-order chi connectivity index (χ1) is 15.5. The Morgan fingerprint density at radius 3 is 1.88 bits per heavy atom. The lowest BCUT2D eigenvalue weighted by Crippen LogP contribution is -2.37. The molecule has 32 heavy (non-hydrogen) atoms. The highest BCUT2D eigenvalue weighted by Gasteiger charge is 2.33. The van der Waals surface area contributed by atoms with Crippen LogP contribution in [0.4, 0.5) is 0 Å².